The van der Waals surface area contributed by atoms with Gasteiger partial charge in [0.05, 0.1) is 11.7 Å². The van der Waals surface area contributed by atoms with Gasteiger partial charge < -0.3 is 14.6 Å². The fourth-order valence-corrected chi connectivity index (χ4v) is 2.35. The van der Waals surface area contributed by atoms with Crippen molar-refractivity contribution in [2.75, 3.05) is 18.0 Å². The molecule has 94 valence electrons. The van der Waals surface area contributed by atoms with Crippen LogP contribution in [0.1, 0.15) is 26.6 Å². The number of ether oxygens (including phenoxy) is 1. The first-order valence-corrected chi connectivity index (χ1v) is 5.86. The van der Waals surface area contributed by atoms with Gasteiger partial charge in [0.15, 0.2) is 0 Å². The Hall–Kier alpha value is -1.36. The van der Waals surface area contributed by atoms with Crippen molar-refractivity contribution in [2.45, 2.75) is 39.4 Å². The van der Waals surface area contributed by atoms with Gasteiger partial charge >= 0.3 is 0 Å². The van der Waals surface area contributed by atoms with Crippen molar-refractivity contribution in [1.82, 2.24) is 9.97 Å². The van der Waals surface area contributed by atoms with Gasteiger partial charge in [-0.2, -0.15) is 0 Å². The molecule has 1 aliphatic heterocycles. The Labute approximate surface area is 101 Å². The van der Waals surface area contributed by atoms with E-state index in [0.717, 1.165) is 18.9 Å². The van der Waals surface area contributed by atoms with E-state index in [-0.39, 0.29) is 17.3 Å². The highest BCUT2D eigenvalue weighted by Crippen LogP contribution is 2.23. The molecule has 1 aromatic heterocycles. The molecule has 0 bridgehead atoms. The fourth-order valence-electron chi connectivity index (χ4n) is 2.35. The number of H-pyrrole nitrogens is 1. The Morgan fingerprint density at radius 3 is 2.88 bits per heavy atom. The van der Waals surface area contributed by atoms with Gasteiger partial charge in [-0.1, -0.05) is 0 Å². The molecule has 1 aliphatic rings. The number of rotatable bonds is 1. The van der Waals surface area contributed by atoms with E-state index in [0.29, 0.717) is 5.82 Å². The van der Waals surface area contributed by atoms with Gasteiger partial charge in [0.25, 0.3) is 5.56 Å². The molecule has 1 N–H and O–H groups in total. The summed E-state index contributed by atoms with van der Waals surface area (Å²) in [6.45, 7) is 9.44. The largest absolute Gasteiger partial charge is 0.369 e. The van der Waals surface area contributed by atoms with Crippen molar-refractivity contribution in [3.63, 3.8) is 0 Å². The number of aromatic nitrogens is 2. The van der Waals surface area contributed by atoms with E-state index in [9.17, 15) is 4.79 Å². The van der Waals surface area contributed by atoms with Crippen molar-refractivity contribution < 1.29 is 4.74 Å². The summed E-state index contributed by atoms with van der Waals surface area (Å²) in [6.07, 6.45) is 0.139. The molecule has 0 aromatic carbocycles. The van der Waals surface area contributed by atoms with Gasteiger partial charge in [0.2, 0.25) is 0 Å². The minimum Gasteiger partial charge on any atom is -0.369 e. The highest BCUT2D eigenvalue weighted by atomic mass is 16.5. The third kappa shape index (κ3) is 2.85. The Morgan fingerprint density at radius 2 is 2.29 bits per heavy atom. The molecule has 1 unspecified atom stereocenters. The van der Waals surface area contributed by atoms with Gasteiger partial charge in [-0.15, -0.1) is 0 Å². The second kappa shape index (κ2) is 4.14. The molecule has 1 aromatic rings. The lowest BCUT2D eigenvalue weighted by molar-refractivity contribution is -0.0751. The number of hydrogen-bond donors (Lipinski definition) is 1. The van der Waals surface area contributed by atoms with E-state index < -0.39 is 0 Å². The van der Waals surface area contributed by atoms with Gasteiger partial charge in [-0.3, -0.25) is 4.79 Å². The molecule has 1 atom stereocenters. The summed E-state index contributed by atoms with van der Waals surface area (Å²) in [5.41, 5.74) is -0.319. The molecule has 1 fully saturated rings. The zero-order valence-corrected chi connectivity index (χ0v) is 10.8. The Kier molecular flexibility index (Phi) is 2.95. The van der Waals surface area contributed by atoms with Crippen LogP contribution in [0, 0.1) is 6.92 Å². The molecule has 2 heterocycles. The number of aromatic amines is 1. The van der Waals surface area contributed by atoms with E-state index >= 15 is 0 Å². The van der Waals surface area contributed by atoms with Crippen molar-refractivity contribution >= 4 is 5.82 Å². The first-order chi connectivity index (χ1) is 7.85. The summed E-state index contributed by atoms with van der Waals surface area (Å²) in [6, 6.07) is 1.54. The second-order valence-corrected chi connectivity index (χ2v) is 5.26. The Morgan fingerprint density at radius 1 is 1.59 bits per heavy atom. The minimum absolute atomic E-state index is 0.107. The van der Waals surface area contributed by atoms with E-state index in [4.69, 9.17) is 4.74 Å². The minimum atomic E-state index is -0.212. The van der Waals surface area contributed by atoms with Crippen LogP contribution in [0.5, 0.6) is 0 Å². The maximum atomic E-state index is 11.4. The van der Waals surface area contributed by atoms with Crippen LogP contribution < -0.4 is 10.5 Å². The number of nitrogens with zero attached hydrogens (tertiary/aromatic N) is 2. The number of hydrogen-bond acceptors (Lipinski definition) is 4. The van der Waals surface area contributed by atoms with Crippen molar-refractivity contribution in [3.8, 4) is 0 Å². The number of morpholine rings is 1. The monoisotopic (exact) mass is 237 g/mol. The van der Waals surface area contributed by atoms with Crippen LogP contribution in [-0.4, -0.2) is 34.8 Å². The first-order valence-electron chi connectivity index (χ1n) is 5.86. The van der Waals surface area contributed by atoms with E-state index in [1.165, 1.54) is 0 Å². The number of anilines is 1. The highest BCUT2D eigenvalue weighted by Gasteiger charge is 2.32. The van der Waals surface area contributed by atoms with E-state index in [1.54, 1.807) is 13.0 Å². The standard InChI is InChI=1S/C12H19N3O2/c1-8-6-15(7-12(3,4)17-8)10-5-11(16)14-9(2)13-10/h5,8H,6-7H2,1-4H3,(H,13,14,16). The molecule has 0 radical (unpaired) electrons. The molecule has 5 nitrogen and oxygen atoms in total. The lowest BCUT2D eigenvalue weighted by atomic mass is 10.1. The summed E-state index contributed by atoms with van der Waals surface area (Å²) in [7, 11) is 0. The molecule has 0 spiro atoms. The van der Waals surface area contributed by atoms with Crippen molar-refractivity contribution in [1.29, 1.82) is 0 Å². The van der Waals surface area contributed by atoms with Crippen LogP contribution in [0.4, 0.5) is 5.82 Å². The highest BCUT2D eigenvalue weighted by molar-refractivity contribution is 5.38. The second-order valence-electron chi connectivity index (χ2n) is 5.26. The summed E-state index contributed by atoms with van der Waals surface area (Å²) < 4.78 is 5.83. The molecule has 5 heteroatoms. The SMILES string of the molecule is Cc1nc(N2CC(C)OC(C)(C)C2)cc(=O)[nH]1. The predicted molar refractivity (Wildman–Crippen MR) is 66.4 cm³/mol. The normalized spacial score (nSPS) is 23.8. The fraction of sp³-hybridized carbons (Fsp3) is 0.667. The van der Waals surface area contributed by atoms with Crippen molar-refractivity contribution in [3.05, 3.63) is 22.2 Å². The van der Waals surface area contributed by atoms with Crippen LogP contribution in [-0.2, 0) is 4.74 Å². The number of aryl methyl sites for hydroxylation is 1. The van der Waals surface area contributed by atoms with Crippen LogP contribution in [0.2, 0.25) is 0 Å². The zero-order valence-electron chi connectivity index (χ0n) is 10.8. The lowest BCUT2D eigenvalue weighted by Gasteiger charge is -2.42. The maximum Gasteiger partial charge on any atom is 0.252 e. The average Bonchev–Trinajstić information content (AvgIpc) is 2.12. The van der Waals surface area contributed by atoms with Gasteiger partial charge in [0, 0.05) is 19.2 Å². The summed E-state index contributed by atoms with van der Waals surface area (Å²) in [5, 5.41) is 0. The Bertz CT molecular complexity index is 467. The van der Waals surface area contributed by atoms with Crippen molar-refractivity contribution in [2.24, 2.45) is 0 Å². The first kappa shape index (κ1) is 12.1. The summed E-state index contributed by atoms with van der Waals surface area (Å²) in [4.78, 5) is 20.6. The van der Waals surface area contributed by atoms with Gasteiger partial charge in [0.1, 0.15) is 11.6 Å². The smallest absolute Gasteiger partial charge is 0.252 e. The topological polar surface area (TPSA) is 58.2 Å². The average molecular weight is 237 g/mol. The van der Waals surface area contributed by atoms with Gasteiger partial charge in [-0.05, 0) is 27.7 Å². The van der Waals surface area contributed by atoms with Gasteiger partial charge in [-0.25, -0.2) is 4.98 Å². The molecular weight excluding hydrogens is 218 g/mol. The molecule has 1 saturated heterocycles. The molecule has 0 saturated carbocycles. The molecule has 0 amide bonds. The van der Waals surface area contributed by atoms with E-state index in [1.807, 2.05) is 6.92 Å². The Balaban J connectivity index is 2.30. The van der Waals surface area contributed by atoms with Crippen LogP contribution in [0.3, 0.4) is 0 Å². The van der Waals surface area contributed by atoms with Crippen LogP contribution in [0.15, 0.2) is 10.9 Å². The molecule has 0 aliphatic carbocycles. The molecular formula is C12H19N3O2. The predicted octanol–water partition coefficient (Wildman–Crippen LogP) is 1.08. The third-order valence-corrected chi connectivity index (χ3v) is 2.74. The lowest BCUT2D eigenvalue weighted by Crippen LogP contribution is -2.52. The summed E-state index contributed by atoms with van der Waals surface area (Å²) >= 11 is 0. The molecule has 17 heavy (non-hydrogen) atoms. The third-order valence-electron chi connectivity index (χ3n) is 2.74. The quantitative estimate of drug-likeness (QED) is 0.794. The summed E-state index contributed by atoms with van der Waals surface area (Å²) in [5.74, 6) is 1.37. The zero-order chi connectivity index (χ0) is 12.6. The van der Waals surface area contributed by atoms with Crippen LogP contribution in [0.25, 0.3) is 0 Å². The number of nitrogens with one attached hydrogen (secondary N) is 1. The maximum absolute atomic E-state index is 11.4. The van der Waals surface area contributed by atoms with E-state index in [2.05, 4.69) is 28.7 Å². The molecule has 2 rings (SSSR count). The van der Waals surface area contributed by atoms with Crippen LogP contribution >= 0.6 is 0 Å².